The molecular weight excluding hydrogens is 370 g/mol. The summed E-state index contributed by atoms with van der Waals surface area (Å²) in [5.41, 5.74) is 6.63. The second kappa shape index (κ2) is 7.40. The van der Waals surface area contributed by atoms with E-state index in [1.807, 2.05) is 35.7 Å². The van der Waals surface area contributed by atoms with Gasteiger partial charge in [0.1, 0.15) is 0 Å². The van der Waals surface area contributed by atoms with Crippen LogP contribution in [0.25, 0.3) is 22.6 Å². The third-order valence-corrected chi connectivity index (χ3v) is 5.22. The Balaban J connectivity index is 1.53. The van der Waals surface area contributed by atoms with Gasteiger partial charge in [0.15, 0.2) is 16.6 Å². The molecule has 28 heavy (non-hydrogen) atoms. The quantitative estimate of drug-likeness (QED) is 0.490. The van der Waals surface area contributed by atoms with Gasteiger partial charge in [0, 0.05) is 22.6 Å². The standard InChI is InChI=1S/C22H19N3O2S/c1-13-9-14(2)20(15(3)10-13)18-12-28-22(23-18)24-21(26)17-11-19(27-25-17)16-7-5-4-6-8-16/h4-12H,1-3H3,(H,23,24,26). The lowest BCUT2D eigenvalue weighted by molar-refractivity contribution is 0.101. The first kappa shape index (κ1) is 18.1. The van der Waals surface area contributed by atoms with E-state index >= 15 is 0 Å². The lowest BCUT2D eigenvalue weighted by atomic mass is 9.98. The molecular formula is C22H19N3O2S. The van der Waals surface area contributed by atoms with Crippen molar-refractivity contribution in [3.8, 4) is 22.6 Å². The van der Waals surface area contributed by atoms with E-state index < -0.39 is 0 Å². The van der Waals surface area contributed by atoms with Gasteiger partial charge in [-0.05, 0) is 31.9 Å². The van der Waals surface area contributed by atoms with Crippen LogP contribution in [0.15, 0.2) is 58.4 Å². The lowest BCUT2D eigenvalue weighted by Crippen LogP contribution is -2.11. The predicted octanol–water partition coefficient (Wildman–Crippen LogP) is 5.64. The Labute approximate surface area is 167 Å². The number of carbonyl (C=O) groups is 1. The maximum atomic E-state index is 12.5. The molecule has 0 aliphatic heterocycles. The normalized spacial score (nSPS) is 10.8. The van der Waals surface area contributed by atoms with Crippen LogP contribution < -0.4 is 5.32 Å². The van der Waals surface area contributed by atoms with Crippen LogP contribution in [0.2, 0.25) is 0 Å². The Bertz CT molecular complexity index is 1120. The van der Waals surface area contributed by atoms with Gasteiger partial charge in [0.05, 0.1) is 5.69 Å². The van der Waals surface area contributed by atoms with Gasteiger partial charge in [-0.1, -0.05) is 53.2 Å². The predicted molar refractivity (Wildman–Crippen MR) is 112 cm³/mol. The summed E-state index contributed by atoms with van der Waals surface area (Å²) in [5.74, 6) is 0.209. The number of benzene rings is 2. The van der Waals surface area contributed by atoms with Crippen molar-refractivity contribution in [2.24, 2.45) is 0 Å². The fraction of sp³-hybridized carbons (Fsp3) is 0.136. The second-order valence-electron chi connectivity index (χ2n) is 6.71. The molecule has 140 valence electrons. The summed E-state index contributed by atoms with van der Waals surface area (Å²) < 4.78 is 5.30. The van der Waals surface area contributed by atoms with Crippen molar-refractivity contribution < 1.29 is 9.32 Å². The zero-order chi connectivity index (χ0) is 19.7. The summed E-state index contributed by atoms with van der Waals surface area (Å²) >= 11 is 1.39. The topological polar surface area (TPSA) is 68.0 Å². The Hall–Kier alpha value is -3.25. The van der Waals surface area contributed by atoms with Gasteiger partial charge in [-0.2, -0.15) is 0 Å². The molecule has 0 bridgehead atoms. The van der Waals surface area contributed by atoms with E-state index in [0.717, 1.165) is 16.8 Å². The van der Waals surface area contributed by atoms with Crippen molar-refractivity contribution in [3.63, 3.8) is 0 Å². The van der Waals surface area contributed by atoms with E-state index in [0.29, 0.717) is 10.9 Å². The first-order chi connectivity index (χ1) is 13.5. The molecule has 0 aliphatic carbocycles. The molecule has 0 spiro atoms. The fourth-order valence-electron chi connectivity index (χ4n) is 3.31. The molecule has 2 heterocycles. The first-order valence-corrected chi connectivity index (χ1v) is 9.76. The maximum Gasteiger partial charge on any atom is 0.279 e. The van der Waals surface area contributed by atoms with Crippen LogP contribution in [0.5, 0.6) is 0 Å². The van der Waals surface area contributed by atoms with Crippen LogP contribution in [-0.4, -0.2) is 16.0 Å². The van der Waals surface area contributed by atoms with E-state index in [4.69, 9.17) is 4.52 Å². The molecule has 1 N–H and O–H groups in total. The van der Waals surface area contributed by atoms with Gasteiger partial charge in [0.2, 0.25) is 0 Å². The first-order valence-electron chi connectivity index (χ1n) is 8.88. The number of hydrogen-bond donors (Lipinski definition) is 1. The molecule has 5 nitrogen and oxygen atoms in total. The number of anilines is 1. The van der Waals surface area contributed by atoms with Crippen molar-refractivity contribution in [2.75, 3.05) is 5.32 Å². The van der Waals surface area contributed by atoms with Gasteiger partial charge in [0.25, 0.3) is 5.91 Å². The molecule has 0 saturated heterocycles. The van der Waals surface area contributed by atoms with Gasteiger partial charge in [-0.25, -0.2) is 4.98 Å². The van der Waals surface area contributed by atoms with E-state index in [2.05, 4.69) is 48.4 Å². The highest BCUT2D eigenvalue weighted by Crippen LogP contribution is 2.31. The van der Waals surface area contributed by atoms with Crippen LogP contribution in [0.3, 0.4) is 0 Å². The molecule has 0 radical (unpaired) electrons. The highest BCUT2D eigenvalue weighted by molar-refractivity contribution is 7.14. The van der Waals surface area contributed by atoms with Gasteiger partial charge < -0.3 is 4.52 Å². The monoisotopic (exact) mass is 389 g/mol. The molecule has 0 saturated carbocycles. The zero-order valence-electron chi connectivity index (χ0n) is 15.8. The summed E-state index contributed by atoms with van der Waals surface area (Å²) in [5, 5.41) is 9.18. The van der Waals surface area contributed by atoms with Crippen molar-refractivity contribution in [2.45, 2.75) is 20.8 Å². The number of aryl methyl sites for hydroxylation is 3. The van der Waals surface area contributed by atoms with Crippen molar-refractivity contribution in [1.29, 1.82) is 0 Å². The van der Waals surface area contributed by atoms with E-state index in [9.17, 15) is 4.79 Å². The number of nitrogens with zero attached hydrogens (tertiary/aromatic N) is 2. The molecule has 4 rings (SSSR count). The van der Waals surface area contributed by atoms with Crippen molar-refractivity contribution in [3.05, 3.63) is 76.3 Å². The summed E-state index contributed by atoms with van der Waals surface area (Å²) in [6.07, 6.45) is 0. The summed E-state index contributed by atoms with van der Waals surface area (Å²) in [6, 6.07) is 15.5. The van der Waals surface area contributed by atoms with E-state index in [1.165, 1.54) is 28.0 Å². The Kier molecular flexibility index (Phi) is 4.79. The number of aromatic nitrogens is 2. The molecule has 0 aliphatic rings. The Morgan fingerprint density at radius 1 is 1.04 bits per heavy atom. The minimum absolute atomic E-state index is 0.221. The highest BCUT2D eigenvalue weighted by Gasteiger charge is 2.16. The number of carbonyl (C=O) groups excluding carboxylic acids is 1. The largest absolute Gasteiger partial charge is 0.355 e. The fourth-order valence-corrected chi connectivity index (χ4v) is 4.01. The van der Waals surface area contributed by atoms with Gasteiger partial charge in [-0.3, -0.25) is 10.1 Å². The third kappa shape index (κ3) is 3.59. The van der Waals surface area contributed by atoms with E-state index in [1.54, 1.807) is 6.07 Å². The SMILES string of the molecule is Cc1cc(C)c(-c2csc(NC(=O)c3cc(-c4ccccc4)on3)n2)c(C)c1. The number of thiazole rings is 1. The summed E-state index contributed by atoms with van der Waals surface area (Å²) in [7, 11) is 0. The van der Waals surface area contributed by atoms with Gasteiger partial charge >= 0.3 is 0 Å². The average molecular weight is 389 g/mol. The van der Waals surface area contributed by atoms with Crippen LogP contribution in [0, 0.1) is 20.8 Å². The second-order valence-corrected chi connectivity index (χ2v) is 7.57. The minimum Gasteiger partial charge on any atom is -0.355 e. The summed E-state index contributed by atoms with van der Waals surface area (Å²) in [4.78, 5) is 17.1. The zero-order valence-corrected chi connectivity index (χ0v) is 16.6. The van der Waals surface area contributed by atoms with Crippen LogP contribution >= 0.6 is 11.3 Å². The number of rotatable bonds is 4. The Morgan fingerprint density at radius 3 is 2.46 bits per heavy atom. The van der Waals surface area contributed by atoms with Crippen LogP contribution in [-0.2, 0) is 0 Å². The smallest absolute Gasteiger partial charge is 0.279 e. The number of amides is 1. The molecule has 0 unspecified atom stereocenters. The van der Waals surface area contributed by atoms with E-state index in [-0.39, 0.29) is 11.6 Å². The third-order valence-electron chi connectivity index (χ3n) is 4.46. The lowest BCUT2D eigenvalue weighted by Gasteiger charge is -2.08. The molecule has 4 aromatic rings. The average Bonchev–Trinajstić information content (AvgIpc) is 3.32. The van der Waals surface area contributed by atoms with Crippen molar-refractivity contribution in [1.82, 2.24) is 10.1 Å². The molecule has 0 fully saturated rings. The number of nitrogens with one attached hydrogen (secondary N) is 1. The molecule has 2 aromatic carbocycles. The minimum atomic E-state index is -0.343. The molecule has 0 atom stereocenters. The number of hydrogen-bond acceptors (Lipinski definition) is 5. The van der Waals surface area contributed by atoms with Gasteiger partial charge in [-0.15, -0.1) is 11.3 Å². The van der Waals surface area contributed by atoms with Crippen molar-refractivity contribution >= 4 is 22.4 Å². The molecule has 2 aromatic heterocycles. The van der Waals surface area contributed by atoms with Crippen LogP contribution in [0.4, 0.5) is 5.13 Å². The highest BCUT2D eigenvalue weighted by atomic mass is 32.1. The summed E-state index contributed by atoms with van der Waals surface area (Å²) in [6.45, 7) is 6.24. The Morgan fingerprint density at radius 2 is 1.75 bits per heavy atom. The molecule has 6 heteroatoms. The molecule has 1 amide bonds. The maximum absolute atomic E-state index is 12.5. The van der Waals surface area contributed by atoms with Crippen LogP contribution in [0.1, 0.15) is 27.2 Å².